The lowest BCUT2D eigenvalue weighted by molar-refractivity contribution is -0.121. The number of nitrogens with zero attached hydrogens (tertiary/aromatic N) is 4. The summed E-state index contributed by atoms with van der Waals surface area (Å²) >= 11 is 0. The summed E-state index contributed by atoms with van der Waals surface area (Å²) in [7, 11) is 0. The first-order valence-electron chi connectivity index (χ1n) is 7.07. The Morgan fingerprint density at radius 3 is 2.89 bits per heavy atom. The van der Waals surface area contributed by atoms with E-state index in [0.717, 1.165) is 38.1 Å². The van der Waals surface area contributed by atoms with Gasteiger partial charge in [-0.05, 0) is 25.2 Å². The molecule has 2 aliphatic rings. The van der Waals surface area contributed by atoms with Crippen LogP contribution in [0.5, 0.6) is 0 Å². The van der Waals surface area contributed by atoms with E-state index in [9.17, 15) is 10.1 Å². The molecule has 3 rings (SSSR count). The summed E-state index contributed by atoms with van der Waals surface area (Å²) in [4.78, 5) is 12.3. The van der Waals surface area contributed by atoms with E-state index in [0.29, 0.717) is 11.7 Å². The SMILES string of the molecule is C[C@@H]1C[C@@H]1C(=O)[C@H](C#N)c1nnc2n1CCCCC2. The number of hydrogen-bond acceptors (Lipinski definition) is 4. The van der Waals surface area contributed by atoms with Gasteiger partial charge in [-0.2, -0.15) is 5.26 Å². The average Bonchev–Trinajstić information content (AvgIpc) is 3.09. The van der Waals surface area contributed by atoms with Gasteiger partial charge in [0.25, 0.3) is 0 Å². The molecule has 5 nitrogen and oxygen atoms in total. The lowest BCUT2D eigenvalue weighted by Gasteiger charge is -2.10. The van der Waals surface area contributed by atoms with Crippen molar-refractivity contribution in [2.75, 3.05) is 0 Å². The summed E-state index contributed by atoms with van der Waals surface area (Å²) in [6.45, 7) is 2.89. The monoisotopic (exact) mass is 258 g/mol. The Kier molecular flexibility index (Phi) is 3.09. The second-order valence-electron chi connectivity index (χ2n) is 5.72. The second kappa shape index (κ2) is 4.76. The molecular formula is C14H18N4O. The van der Waals surface area contributed by atoms with Gasteiger partial charge in [0.1, 0.15) is 5.82 Å². The fourth-order valence-electron chi connectivity index (χ4n) is 2.90. The van der Waals surface area contributed by atoms with Crippen molar-refractivity contribution >= 4 is 5.78 Å². The van der Waals surface area contributed by atoms with Crippen LogP contribution in [0, 0.1) is 23.2 Å². The third-order valence-electron chi connectivity index (χ3n) is 4.28. The first-order chi connectivity index (χ1) is 9.22. The minimum absolute atomic E-state index is 0.0365. The Balaban J connectivity index is 1.90. The van der Waals surface area contributed by atoms with E-state index < -0.39 is 5.92 Å². The Morgan fingerprint density at radius 2 is 2.21 bits per heavy atom. The van der Waals surface area contributed by atoms with Gasteiger partial charge in [-0.25, -0.2) is 0 Å². The molecule has 0 N–H and O–H groups in total. The molecular weight excluding hydrogens is 240 g/mol. The van der Waals surface area contributed by atoms with Gasteiger partial charge in [-0.1, -0.05) is 13.3 Å². The lowest BCUT2D eigenvalue weighted by Crippen LogP contribution is -2.19. The van der Waals surface area contributed by atoms with Crippen LogP contribution in [0.4, 0.5) is 0 Å². The van der Waals surface area contributed by atoms with E-state index in [1.54, 1.807) is 0 Å². The number of aryl methyl sites for hydroxylation is 1. The molecule has 1 aromatic rings. The molecule has 5 heteroatoms. The molecule has 0 amide bonds. The van der Waals surface area contributed by atoms with Crippen LogP contribution in [0.1, 0.15) is 50.2 Å². The van der Waals surface area contributed by atoms with Crippen LogP contribution in [0.2, 0.25) is 0 Å². The number of fused-ring (bicyclic) bond motifs is 1. The number of ketones is 1. The van der Waals surface area contributed by atoms with Crippen molar-refractivity contribution in [2.45, 2.75) is 51.5 Å². The largest absolute Gasteiger partial charge is 0.313 e. The first-order valence-corrected chi connectivity index (χ1v) is 7.07. The molecule has 0 unspecified atom stereocenters. The number of nitriles is 1. The summed E-state index contributed by atoms with van der Waals surface area (Å²) < 4.78 is 2.01. The fourth-order valence-corrected chi connectivity index (χ4v) is 2.90. The highest BCUT2D eigenvalue weighted by Gasteiger charge is 2.44. The predicted octanol–water partition coefficient (Wildman–Crippen LogP) is 1.84. The number of hydrogen-bond donors (Lipinski definition) is 0. The van der Waals surface area contributed by atoms with E-state index >= 15 is 0 Å². The molecule has 0 saturated heterocycles. The van der Waals surface area contributed by atoms with Crippen molar-refractivity contribution in [2.24, 2.45) is 11.8 Å². The number of carbonyl (C=O) groups excluding carboxylic acids is 1. The minimum Gasteiger partial charge on any atom is -0.313 e. The molecule has 0 spiro atoms. The van der Waals surface area contributed by atoms with Gasteiger partial charge in [-0.15, -0.1) is 10.2 Å². The molecule has 2 heterocycles. The molecule has 0 radical (unpaired) electrons. The molecule has 1 saturated carbocycles. The molecule has 100 valence electrons. The van der Waals surface area contributed by atoms with Gasteiger partial charge >= 0.3 is 0 Å². The van der Waals surface area contributed by atoms with Crippen LogP contribution < -0.4 is 0 Å². The number of Topliss-reactive ketones (excluding diaryl/α,β-unsaturated/α-hetero) is 1. The third-order valence-corrected chi connectivity index (χ3v) is 4.28. The zero-order chi connectivity index (χ0) is 13.4. The van der Waals surface area contributed by atoms with Gasteiger partial charge in [0.2, 0.25) is 0 Å². The Bertz CT molecular complexity index is 542. The van der Waals surface area contributed by atoms with E-state index in [1.165, 1.54) is 6.42 Å². The first kappa shape index (κ1) is 12.3. The van der Waals surface area contributed by atoms with Crippen LogP contribution in [0.3, 0.4) is 0 Å². The van der Waals surface area contributed by atoms with Crippen molar-refractivity contribution in [3.05, 3.63) is 11.6 Å². The minimum atomic E-state index is -0.728. The van der Waals surface area contributed by atoms with Crippen LogP contribution in [0.25, 0.3) is 0 Å². The topological polar surface area (TPSA) is 71.6 Å². The zero-order valence-electron chi connectivity index (χ0n) is 11.2. The van der Waals surface area contributed by atoms with Crippen molar-refractivity contribution in [3.8, 4) is 6.07 Å². The number of aromatic nitrogens is 3. The van der Waals surface area contributed by atoms with E-state index in [1.807, 2.05) is 4.57 Å². The van der Waals surface area contributed by atoms with Crippen LogP contribution >= 0.6 is 0 Å². The molecule has 19 heavy (non-hydrogen) atoms. The fraction of sp³-hybridized carbons (Fsp3) is 0.714. The van der Waals surface area contributed by atoms with Gasteiger partial charge < -0.3 is 4.57 Å². The smallest absolute Gasteiger partial charge is 0.165 e. The second-order valence-corrected chi connectivity index (χ2v) is 5.72. The van der Waals surface area contributed by atoms with Gasteiger partial charge in [-0.3, -0.25) is 4.79 Å². The predicted molar refractivity (Wildman–Crippen MR) is 68.2 cm³/mol. The van der Waals surface area contributed by atoms with Crippen LogP contribution in [0.15, 0.2) is 0 Å². The summed E-state index contributed by atoms with van der Waals surface area (Å²) in [5.41, 5.74) is 0. The van der Waals surface area contributed by atoms with E-state index in [4.69, 9.17) is 0 Å². The molecule has 1 aliphatic heterocycles. The van der Waals surface area contributed by atoms with Crippen molar-refractivity contribution in [1.29, 1.82) is 5.26 Å². The molecule has 0 bridgehead atoms. The zero-order valence-corrected chi connectivity index (χ0v) is 11.2. The Labute approximate surface area is 112 Å². The summed E-state index contributed by atoms with van der Waals surface area (Å²) in [6.07, 6.45) is 5.18. The quantitative estimate of drug-likeness (QED) is 0.829. The normalized spacial score (nSPS) is 26.9. The maximum Gasteiger partial charge on any atom is 0.165 e. The molecule has 1 aliphatic carbocycles. The summed E-state index contributed by atoms with van der Waals surface area (Å²) in [5.74, 6) is 1.30. The van der Waals surface area contributed by atoms with Crippen LogP contribution in [-0.2, 0) is 17.8 Å². The highest BCUT2D eigenvalue weighted by atomic mass is 16.1. The highest BCUT2D eigenvalue weighted by Crippen LogP contribution is 2.41. The molecule has 0 aromatic carbocycles. The van der Waals surface area contributed by atoms with Crippen LogP contribution in [-0.4, -0.2) is 20.5 Å². The van der Waals surface area contributed by atoms with Crippen molar-refractivity contribution < 1.29 is 4.79 Å². The Hall–Kier alpha value is -1.70. The number of rotatable bonds is 3. The van der Waals surface area contributed by atoms with E-state index in [2.05, 4.69) is 23.2 Å². The van der Waals surface area contributed by atoms with Crippen molar-refractivity contribution in [1.82, 2.24) is 14.8 Å². The highest BCUT2D eigenvalue weighted by molar-refractivity contribution is 5.91. The van der Waals surface area contributed by atoms with Crippen molar-refractivity contribution in [3.63, 3.8) is 0 Å². The third kappa shape index (κ3) is 2.16. The summed E-state index contributed by atoms with van der Waals surface area (Å²) in [6, 6.07) is 2.14. The summed E-state index contributed by atoms with van der Waals surface area (Å²) in [5, 5.41) is 17.7. The maximum atomic E-state index is 12.3. The lowest BCUT2D eigenvalue weighted by atomic mass is 10.00. The van der Waals surface area contributed by atoms with E-state index in [-0.39, 0.29) is 11.7 Å². The molecule has 1 aromatic heterocycles. The Morgan fingerprint density at radius 1 is 1.42 bits per heavy atom. The number of carbonyl (C=O) groups is 1. The molecule has 1 fully saturated rings. The maximum absolute atomic E-state index is 12.3. The standard InChI is InChI=1S/C14H18N4O/c1-9-7-10(9)13(19)11(8-15)14-17-16-12-5-3-2-4-6-18(12)14/h9-11H,2-7H2,1H3/t9-,10+,11+/m1/s1. The van der Waals surface area contributed by atoms with Gasteiger partial charge in [0.05, 0.1) is 6.07 Å². The van der Waals surface area contributed by atoms with Gasteiger partial charge in [0.15, 0.2) is 17.5 Å². The molecule has 3 atom stereocenters. The van der Waals surface area contributed by atoms with Gasteiger partial charge in [0, 0.05) is 18.9 Å². The average molecular weight is 258 g/mol.